The highest BCUT2D eigenvalue weighted by Gasteiger charge is 2.30. The molecule has 1 atom stereocenters. The van der Waals surface area contributed by atoms with Gasteiger partial charge in [0.05, 0.1) is 5.54 Å². The molecule has 5 nitrogen and oxygen atoms in total. The summed E-state index contributed by atoms with van der Waals surface area (Å²) in [5.74, 6) is -1.14. The second kappa shape index (κ2) is 6.01. The summed E-state index contributed by atoms with van der Waals surface area (Å²) in [5, 5.41) is 14.2. The molecule has 0 aliphatic rings. The number of nitrogens with zero attached hydrogens (tertiary/aromatic N) is 1. The largest absolute Gasteiger partial charge is 0.409 e. The second-order valence-electron chi connectivity index (χ2n) is 4.28. The zero-order valence-electron chi connectivity index (χ0n) is 10.6. The molecule has 7 heteroatoms. The summed E-state index contributed by atoms with van der Waals surface area (Å²) in [7, 11) is 0. The fourth-order valence-electron chi connectivity index (χ4n) is 1.45. The van der Waals surface area contributed by atoms with Crippen LogP contribution in [0.3, 0.4) is 0 Å². The highest BCUT2D eigenvalue weighted by atomic mass is 79.9. The smallest absolute Gasteiger partial charge is 0.252 e. The van der Waals surface area contributed by atoms with Crippen molar-refractivity contribution >= 4 is 27.7 Å². The van der Waals surface area contributed by atoms with Crippen molar-refractivity contribution in [3.8, 4) is 0 Å². The standard InChI is InChI=1S/C12H15BrFN3O2/c1-3-12(2,11(15)17-19)16-10(18)7-4-8(13)6-9(14)5-7/h4-6,19H,3H2,1-2H3,(H2,15,17)(H,16,18). The maximum Gasteiger partial charge on any atom is 0.252 e. The zero-order valence-corrected chi connectivity index (χ0v) is 12.2. The van der Waals surface area contributed by atoms with Crippen LogP contribution in [-0.4, -0.2) is 22.5 Å². The molecule has 1 amide bonds. The monoisotopic (exact) mass is 331 g/mol. The minimum Gasteiger partial charge on any atom is -0.409 e. The maximum atomic E-state index is 13.2. The molecule has 0 aliphatic carbocycles. The molecule has 0 saturated carbocycles. The van der Waals surface area contributed by atoms with E-state index in [1.165, 1.54) is 12.1 Å². The van der Waals surface area contributed by atoms with E-state index in [2.05, 4.69) is 26.4 Å². The first-order chi connectivity index (χ1) is 8.82. The number of benzene rings is 1. The van der Waals surface area contributed by atoms with E-state index in [4.69, 9.17) is 10.9 Å². The van der Waals surface area contributed by atoms with Gasteiger partial charge in [0.25, 0.3) is 5.91 Å². The molecule has 0 fully saturated rings. The fourth-order valence-corrected chi connectivity index (χ4v) is 1.92. The molecule has 0 radical (unpaired) electrons. The molecule has 1 aromatic rings. The lowest BCUT2D eigenvalue weighted by Crippen LogP contribution is -2.55. The van der Waals surface area contributed by atoms with Gasteiger partial charge in [-0.1, -0.05) is 28.0 Å². The number of halogens is 2. The Balaban J connectivity index is 3.01. The van der Waals surface area contributed by atoms with E-state index >= 15 is 0 Å². The van der Waals surface area contributed by atoms with Gasteiger partial charge in [0.2, 0.25) is 0 Å². The Hall–Kier alpha value is -1.63. The van der Waals surface area contributed by atoms with Crippen molar-refractivity contribution in [2.24, 2.45) is 10.9 Å². The van der Waals surface area contributed by atoms with E-state index in [9.17, 15) is 9.18 Å². The van der Waals surface area contributed by atoms with E-state index < -0.39 is 17.3 Å². The average molecular weight is 332 g/mol. The van der Waals surface area contributed by atoms with Crippen LogP contribution < -0.4 is 11.1 Å². The quantitative estimate of drug-likeness (QED) is 0.342. The van der Waals surface area contributed by atoms with E-state index in [-0.39, 0.29) is 11.4 Å². The summed E-state index contributed by atoms with van der Waals surface area (Å²) >= 11 is 3.11. The van der Waals surface area contributed by atoms with Gasteiger partial charge in [-0.15, -0.1) is 0 Å². The molecule has 0 aromatic heterocycles. The summed E-state index contributed by atoms with van der Waals surface area (Å²) in [6, 6.07) is 3.85. The Morgan fingerprint density at radius 2 is 2.21 bits per heavy atom. The number of nitrogens with two attached hydrogens (primary N) is 1. The lowest BCUT2D eigenvalue weighted by Gasteiger charge is -2.28. The first-order valence-electron chi connectivity index (χ1n) is 5.59. The van der Waals surface area contributed by atoms with E-state index in [0.29, 0.717) is 10.9 Å². The highest BCUT2D eigenvalue weighted by molar-refractivity contribution is 9.10. The molecule has 1 aromatic carbocycles. The van der Waals surface area contributed by atoms with Crippen LogP contribution in [0.1, 0.15) is 30.6 Å². The van der Waals surface area contributed by atoms with Crippen LogP contribution in [0.2, 0.25) is 0 Å². The summed E-state index contributed by atoms with van der Waals surface area (Å²) in [5.41, 5.74) is 4.70. The Morgan fingerprint density at radius 3 is 2.68 bits per heavy atom. The SMILES string of the molecule is CCC(C)(NC(=O)c1cc(F)cc(Br)c1)/C(N)=N/O. The molecule has 0 aliphatic heterocycles. The summed E-state index contributed by atoms with van der Waals surface area (Å²) in [6.45, 7) is 3.40. The first kappa shape index (κ1) is 15.4. The third-order valence-electron chi connectivity index (χ3n) is 2.89. The molecule has 1 rings (SSSR count). The van der Waals surface area contributed by atoms with Crippen molar-refractivity contribution in [2.75, 3.05) is 0 Å². The number of hydrogen-bond acceptors (Lipinski definition) is 3. The minimum atomic E-state index is -0.995. The third kappa shape index (κ3) is 3.66. The zero-order chi connectivity index (χ0) is 14.6. The number of carbonyl (C=O) groups excluding carboxylic acids is 1. The van der Waals surface area contributed by atoms with E-state index in [1.807, 2.05) is 0 Å². The molecule has 0 heterocycles. The van der Waals surface area contributed by atoms with Gasteiger partial charge in [0.1, 0.15) is 5.82 Å². The van der Waals surface area contributed by atoms with Gasteiger partial charge < -0.3 is 16.3 Å². The van der Waals surface area contributed by atoms with Crippen LogP contribution in [0.25, 0.3) is 0 Å². The molecule has 104 valence electrons. The van der Waals surface area contributed by atoms with Gasteiger partial charge in [0.15, 0.2) is 5.84 Å². The predicted molar refractivity (Wildman–Crippen MR) is 73.7 cm³/mol. The molecular weight excluding hydrogens is 317 g/mol. The van der Waals surface area contributed by atoms with Gasteiger partial charge in [-0.3, -0.25) is 4.79 Å². The number of amidine groups is 1. The van der Waals surface area contributed by atoms with Crippen molar-refractivity contribution in [1.82, 2.24) is 5.32 Å². The number of rotatable bonds is 4. The van der Waals surface area contributed by atoms with Crippen molar-refractivity contribution in [3.05, 3.63) is 34.1 Å². The molecule has 0 saturated heterocycles. The lowest BCUT2D eigenvalue weighted by molar-refractivity contribution is 0.0924. The van der Waals surface area contributed by atoms with Gasteiger partial charge in [-0.05, 0) is 31.5 Å². The number of amides is 1. The maximum absolute atomic E-state index is 13.2. The number of oxime groups is 1. The van der Waals surface area contributed by atoms with Crippen LogP contribution >= 0.6 is 15.9 Å². The Labute approximate surface area is 118 Å². The van der Waals surface area contributed by atoms with Crippen molar-refractivity contribution in [2.45, 2.75) is 25.8 Å². The lowest BCUT2D eigenvalue weighted by atomic mass is 9.97. The molecule has 0 bridgehead atoms. The van der Waals surface area contributed by atoms with Crippen LogP contribution in [0, 0.1) is 5.82 Å². The normalized spacial score (nSPS) is 14.8. The molecule has 0 spiro atoms. The van der Waals surface area contributed by atoms with Gasteiger partial charge in [-0.25, -0.2) is 4.39 Å². The fraction of sp³-hybridized carbons (Fsp3) is 0.333. The highest BCUT2D eigenvalue weighted by Crippen LogP contribution is 2.17. The topological polar surface area (TPSA) is 87.7 Å². The van der Waals surface area contributed by atoms with Gasteiger partial charge in [-0.2, -0.15) is 0 Å². The molecular formula is C12H15BrFN3O2. The number of carbonyl (C=O) groups is 1. The Kier molecular flexibility index (Phi) is 4.88. The summed E-state index contributed by atoms with van der Waals surface area (Å²) in [6.07, 6.45) is 0.422. The van der Waals surface area contributed by atoms with Crippen molar-refractivity contribution in [1.29, 1.82) is 0 Å². The van der Waals surface area contributed by atoms with E-state index in [0.717, 1.165) is 6.07 Å². The van der Waals surface area contributed by atoms with Crippen LogP contribution in [0.4, 0.5) is 4.39 Å². The third-order valence-corrected chi connectivity index (χ3v) is 3.35. The molecule has 4 N–H and O–H groups in total. The van der Waals surface area contributed by atoms with Crippen LogP contribution in [-0.2, 0) is 0 Å². The van der Waals surface area contributed by atoms with Gasteiger partial charge >= 0.3 is 0 Å². The number of hydrogen-bond donors (Lipinski definition) is 3. The Morgan fingerprint density at radius 1 is 1.58 bits per heavy atom. The van der Waals surface area contributed by atoms with Crippen LogP contribution in [0.15, 0.2) is 27.8 Å². The van der Waals surface area contributed by atoms with Crippen LogP contribution in [0.5, 0.6) is 0 Å². The minimum absolute atomic E-state index is 0.112. The first-order valence-corrected chi connectivity index (χ1v) is 6.38. The average Bonchev–Trinajstić information content (AvgIpc) is 2.36. The summed E-state index contributed by atoms with van der Waals surface area (Å²) < 4.78 is 13.7. The summed E-state index contributed by atoms with van der Waals surface area (Å²) in [4.78, 5) is 12.1. The molecule has 19 heavy (non-hydrogen) atoms. The van der Waals surface area contributed by atoms with Gasteiger partial charge in [0, 0.05) is 10.0 Å². The van der Waals surface area contributed by atoms with E-state index in [1.54, 1.807) is 13.8 Å². The second-order valence-corrected chi connectivity index (χ2v) is 5.20. The molecule has 1 unspecified atom stereocenters. The van der Waals surface area contributed by atoms with Crippen molar-refractivity contribution < 1.29 is 14.4 Å². The predicted octanol–water partition coefficient (Wildman–Crippen LogP) is 2.23. The van der Waals surface area contributed by atoms with Crippen molar-refractivity contribution in [3.63, 3.8) is 0 Å². The number of nitrogens with one attached hydrogen (secondary N) is 1. The Bertz CT molecular complexity index is 501.